The van der Waals surface area contributed by atoms with Gasteiger partial charge in [-0.05, 0) is 12.5 Å². The number of nitrogens with one attached hydrogen (secondary N) is 2. The number of benzene rings is 1. The molecule has 0 saturated carbocycles. The zero-order chi connectivity index (χ0) is 13.5. The van der Waals surface area contributed by atoms with E-state index in [1.54, 1.807) is 6.07 Å². The molecule has 1 aromatic carbocycles. The van der Waals surface area contributed by atoms with Crippen molar-refractivity contribution in [3.05, 3.63) is 29.3 Å². The highest BCUT2D eigenvalue weighted by molar-refractivity contribution is 5.89. The van der Waals surface area contributed by atoms with Crippen molar-refractivity contribution in [2.24, 2.45) is 0 Å². The lowest BCUT2D eigenvalue weighted by Gasteiger charge is -2.08. The highest BCUT2D eigenvalue weighted by atomic mass is 19.1. The minimum atomic E-state index is -0.952. The second-order valence-electron chi connectivity index (χ2n) is 3.66. The molecule has 0 aliphatic carbocycles. The number of rotatable bonds is 4. The van der Waals surface area contributed by atoms with E-state index in [1.807, 2.05) is 6.92 Å². The van der Waals surface area contributed by atoms with Crippen molar-refractivity contribution in [3.63, 3.8) is 0 Å². The molecule has 1 aromatic rings. The lowest BCUT2D eigenvalue weighted by atomic mass is 10.2. The van der Waals surface area contributed by atoms with Crippen LogP contribution in [0.3, 0.4) is 0 Å². The number of unbranched alkanes of at least 4 members (excludes halogenated alkanes) is 1. The standard InChI is InChI=1S/C12H13F2N3O/c1-2-3-4-16-12(18)17-11-5-8(7-15)9(13)6-10(11)14/h5-6H,2-4H2,1H3,(H2,16,17,18). The van der Waals surface area contributed by atoms with Gasteiger partial charge in [0.25, 0.3) is 0 Å². The van der Waals surface area contributed by atoms with Crippen LogP contribution >= 0.6 is 0 Å². The summed E-state index contributed by atoms with van der Waals surface area (Å²) in [5, 5.41) is 13.3. The summed E-state index contributed by atoms with van der Waals surface area (Å²) in [5.41, 5.74) is -0.540. The fourth-order valence-corrected chi connectivity index (χ4v) is 1.28. The molecule has 0 fully saturated rings. The third-order valence-electron chi connectivity index (χ3n) is 2.24. The van der Waals surface area contributed by atoms with Gasteiger partial charge < -0.3 is 10.6 Å². The molecule has 0 aromatic heterocycles. The Balaban J connectivity index is 2.73. The first kappa shape index (κ1) is 13.9. The molecule has 0 aliphatic heterocycles. The summed E-state index contributed by atoms with van der Waals surface area (Å²) in [5.74, 6) is -1.87. The van der Waals surface area contributed by atoms with Crippen LogP contribution in [0.4, 0.5) is 19.3 Å². The molecule has 1 rings (SSSR count). The van der Waals surface area contributed by atoms with E-state index >= 15 is 0 Å². The van der Waals surface area contributed by atoms with E-state index in [9.17, 15) is 13.6 Å². The number of nitrogens with zero attached hydrogens (tertiary/aromatic N) is 1. The van der Waals surface area contributed by atoms with Crippen molar-refractivity contribution in [3.8, 4) is 6.07 Å². The number of amides is 2. The molecule has 2 N–H and O–H groups in total. The van der Waals surface area contributed by atoms with Gasteiger partial charge in [-0.1, -0.05) is 13.3 Å². The van der Waals surface area contributed by atoms with Gasteiger partial charge in [-0.2, -0.15) is 5.26 Å². The molecule has 18 heavy (non-hydrogen) atoms. The van der Waals surface area contributed by atoms with Gasteiger partial charge in [-0.3, -0.25) is 0 Å². The van der Waals surface area contributed by atoms with E-state index in [0.717, 1.165) is 18.9 Å². The Morgan fingerprint density at radius 2 is 2.11 bits per heavy atom. The summed E-state index contributed by atoms with van der Waals surface area (Å²) in [7, 11) is 0. The van der Waals surface area contributed by atoms with Gasteiger partial charge in [0.05, 0.1) is 11.3 Å². The molecule has 0 saturated heterocycles. The smallest absolute Gasteiger partial charge is 0.319 e. The van der Waals surface area contributed by atoms with Gasteiger partial charge in [-0.15, -0.1) is 0 Å². The average molecular weight is 253 g/mol. The van der Waals surface area contributed by atoms with E-state index in [4.69, 9.17) is 5.26 Å². The zero-order valence-electron chi connectivity index (χ0n) is 9.89. The third kappa shape index (κ3) is 3.70. The summed E-state index contributed by atoms with van der Waals surface area (Å²) in [6.45, 7) is 2.44. The average Bonchev–Trinajstić information content (AvgIpc) is 2.33. The molecule has 0 unspecified atom stereocenters. The molecule has 0 radical (unpaired) electrons. The van der Waals surface area contributed by atoms with Gasteiger partial charge >= 0.3 is 6.03 Å². The number of anilines is 1. The van der Waals surface area contributed by atoms with Crippen LogP contribution in [0.1, 0.15) is 25.3 Å². The number of nitriles is 1. The maximum atomic E-state index is 13.3. The minimum Gasteiger partial charge on any atom is -0.338 e. The molecule has 4 nitrogen and oxygen atoms in total. The fourth-order valence-electron chi connectivity index (χ4n) is 1.28. The molecule has 0 atom stereocenters. The van der Waals surface area contributed by atoms with Crippen molar-refractivity contribution in [2.75, 3.05) is 11.9 Å². The normalized spacial score (nSPS) is 9.67. The van der Waals surface area contributed by atoms with E-state index in [-0.39, 0.29) is 11.3 Å². The number of urea groups is 1. The number of carbonyl (C=O) groups excluding carboxylic acids is 1. The Bertz CT molecular complexity index is 483. The van der Waals surface area contributed by atoms with Crippen molar-refractivity contribution < 1.29 is 13.6 Å². The van der Waals surface area contributed by atoms with Gasteiger partial charge in [0.2, 0.25) is 0 Å². The van der Waals surface area contributed by atoms with Gasteiger partial charge in [0.15, 0.2) is 0 Å². The lowest BCUT2D eigenvalue weighted by molar-refractivity contribution is 0.252. The lowest BCUT2D eigenvalue weighted by Crippen LogP contribution is -2.29. The van der Waals surface area contributed by atoms with Gasteiger partial charge in [0.1, 0.15) is 17.7 Å². The molecule has 0 aliphatic rings. The SMILES string of the molecule is CCCCNC(=O)Nc1cc(C#N)c(F)cc1F. The van der Waals surface area contributed by atoms with E-state index < -0.39 is 17.7 Å². The highest BCUT2D eigenvalue weighted by Gasteiger charge is 2.11. The maximum Gasteiger partial charge on any atom is 0.319 e. The summed E-state index contributed by atoms with van der Waals surface area (Å²) >= 11 is 0. The van der Waals surface area contributed by atoms with Crippen LogP contribution in [0.2, 0.25) is 0 Å². The molecule has 6 heteroatoms. The summed E-state index contributed by atoms with van der Waals surface area (Å²) in [6, 6.07) is 2.52. The largest absolute Gasteiger partial charge is 0.338 e. The van der Waals surface area contributed by atoms with Gasteiger partial charge in [0, 0.05) is 12.6 Å². The topological polar surface area (TPSA) is 64.9 Å². The minimum absolute atomic E-state index is 0.220. The van der Waals surface area contributed by atoms with Crippen molar-refractivity contribution in [2.45, 2.75) is 19.8 Å². The number of hydrogen-bond acceptors (Lipinski definition) is 2. The van der Waals surface area contributed by atoms with E-state index in [0.29, 0.717) is 12.6 Å². The van der Waals surface area contributed by atoms with Crippen molar-refractivity contribution in [1.29, 1.82) is 5.26 Å². The quantitative estimate of drug-likeness (QED) is 0.810. The van der Waals surface area contributed by atoms with Crippen LogP contribution in [-0.2, 0) is 0 Å². The molecule has 2 amide bonds. The summed E-state index contributed by atoms with van der Waals surface area (Å²) in [6.07, 6.45) is 1.73. The van der Waals surface area contributed by atoms with Crippen LogP contribution in [0, 0.1) is 23.0 Å². The number of halogens is 2. The van der Waals surface area contributed by atoms with Crippen LogP contribution in [0.5, 0.6) is 0 Å². The fraction of sp³-hybridized carbons (Fsp3) is 0.333. The number of carbonyl (C=O) groups is 1. The molecule has 0 bridgehead atoms. The van der Waals surface area contributed by atoms with Gasteiger partial charge in [-0.25, -0.2) is 13.6 Å². The Morgan fingerprint density at radius 3 is 2.72 bits per heavy atom. The van der Waals surface area contributed by atoms with Crippen LogP contribution < -0.4 is 10.6 Å². The van der Waals surface area contributed by atoms with E-state index in [2.05, 4.69) is 10.6 Å². The molecule has 0 heterocycles. The second-order valence-corrected chi connectivity index (χ2v) is 3.66. The molecular formula is C12H13F2N3O. The van der Waals surface area contributed by atoms with Crippen LogP contribution in [0.15, 0.2) is 12.1 Å². The Morgan fingerprint density at radius 1 is 1.39 bits per heavy atom. The van der Waals surface area contributed by atoms with Crippen LogP contribution in [0.25, 0.3) is 0 Å². The monoisotopic (exact) mass is 253 g/mol. The highest BCUT2D eigenvalue weighted by Crippen LogP contribution is 2.18. The van der Waals surface area contributed by atoms with Crippen molar-refractivity contribution >= 4 is 11.7 Å². The molecule has 0 spiro atoms. The Hall–Kier alpha value is -2.16. The number of hydrogen-bond donors (Lipinski definition) is 2. The molecule has 96 valence electrons. The Labute approximate surface area is 104 Å². The first-order chi connectivity index (χ1) is 8.58. The van der Waals surface area contributed by atoms with Crippen LogP contribution in [-0.4, -0.2) is 12.6 Å². The maximum absolute atomic E-state index is 13.3. The van der Waals surface area contributed by atoms with E-state index in [1.165, 1.54) is 0 Å². The summed E-state index contributed by atoms with van der Waals surface area (Å²) < 4.78 is 26.3. The van der Waals surface area contributed by atoms with Crippen molar-refractivity contribution in [1.82, 2.24) is 5.32 Å². The first-order valence-electron chi connectivity index (χ1n) is 5.52. The predicted octanol–water partition coefficient (Wildman–Crippen LogP) is 2.76. The second kappa shape index (κ2) is 6.55. The molecular weight excluding hydrogens is 240 g/mol. The Kier molecular flexibility index (Phi) is 5.06. The third-order valence-corrected chi connectivity index (χ3v) is 2.24. The first-order valence-corrected chi connectivity index (χ1v) is 5.52. The summed E-state index contributed by atoms with van der Waals surface area (Å²) in [4.78, 5) is 11.4. The predicted molar refractivity (Wildman–Crippen MR) is 63.0 cm³/mol. The zero-order valence-corrected chi connectivity index (χ0v) is 9.89.